The molecule has 3 heterocycles. The summed E-state index contributed by atoms with van der Waals surface area (Å²) in [4.78, 5) is 6.34. The molecule has 1 fully saturated rings. The molecule has 0 radical (unpaired) electrons. The van der Waals surface area contributed by atoms with E-state index in [1.807, 2.05) is 30.1 Å². The van der Waals surface area contributed by atoms with E-state index in [-0.39, 0.29) is 5.75 Å². The van der Waals surface area contributed by atoms with Crippen LogP contribution in [-0.2, 0) is 23.6 Å². The molecule has 1 aliphatic heterocycles. The quantitative estimate of drug-likeness (QED) is 0.804. The molecular formula is C16H23N5O2S. The number of hydrogen-bond donors (Lipinski definition) is 0. The Bertz CT molecular complexity index is 780. The van der Waals surface area contributed by atoms with Gasteiger partial charge in [0.05, 0.1) is 11.4 Å². The first-order valence-electron chi connectivity index (χ1n) is 8.12. The molecule has 0 N–H and O–H groups in total. The van der Waals surface area contributed by atoms with E-state index in [0.717, 1.165) is 36.5 Å². The largest absolute Gasteiger partial charge is 0.296 e. The van der Waals surface area contributed by atoms with Crippen molar-refractivity contribution < 1.29 is 8.42 Å². The molecule has 130 valence electrons. The number of rotatable bonds is 5. The van der Waals surface area contributed by atoms with Crippen molar-refractivity contribution in [3.05, 3.63) is 36.3 Å². The first kappa shape index (κ1) is 17.1. The maximum Gasteiger partial charge on any atom is 0.213 e. The molecule has 0 aliphatic carbocycles. The fourth-order valence-electron chi connectivity index (χ4n) is 3.00. The van der Waals surface area contributed by atoms with Gasteiger partial charge in [-0.2, -0.15) is 9.40 Å². The van der Waals surface area contributed by atoms with Crippen LogP contribution in [0.15, 0.2) is 30.7 Å². The highest BCUT2D eigenvalue weighted by molar-refractivity contribution is 7.89. The second kappa shape index (κ2) is 7.00. The molecule has 3 rings (SSSR count). The van der Waals surface area contributed by atoms with Gasteiger partial charge in [0.15, 0.2) is 0 Å². The fourth-order valence-corrected chi connectivity index (χ4v) is 4.08. The van der Waals surface area contributed by atoms with Crippen molar-refractivity contribution in [2.45, 2.75) is 13.5 Å². The summed E-state index contributed by atoms with van der Waals surface area (Å²) in [5, 5.41) is 4.57. The maximum absolute atomic E-state index is 11.9. The average Bonchev–Trinajstić information content (AvgIpc) is 2.96. The minimum atomic E-state index is -3.08. The highest BCUT2D eigenvalue weighted by atomic mass is 32.2. The van der Waals surface area contributed by atoms with E-state index >= 15 is 0 Å². The monoisotopic (exact) mass is 349 g/mol. The van der Waals surface area contributed by atoms with Crippen LogP contribution >= 0.6 is 0 Å². The molecule has 8 heteroatoms. The first-order valence-corrected chi connectivity index (χ1v) is 9.73. The second-order valence-electron chi connectivity index (χ2n) is 5.99. The summed E-state index contributed by atoms with van der Waals surface area (Å²) >= 11 is 0. The standard InChI is InChI=1S/C16H23N5O2S/c1-3-24(22,23)21-10-8-20(9-11-21)13-15-12-19(2)18-16(15)14-4-6-17-7-5-14/h4-7,12H,3,8-11,13H2,1-2H3. The number of aromatic nitrogens is 3. The molecule has 0 unspecified atom stereocenters. The van der Waals surface area contributed by atoms with E-state index in [2.05, 4.69) is 15.0 Å². The topological polar surface area (TPSA) is 71.3 Å². The molecule has 0 aromatic carbocycles. The zero-order valence-electron chi connectivity index (χ0n) is 14.1. The van der Waals surface area contributed by atoms with Crippen LogP contribution in [0.25, 0.3) is 11.3 Å². The highest BCUT2D eigenvalue weighted by Gasteiger charge is 2.26. The van der Waals surface area contributed by atoms with Crippen molar-refractivity contribution in [2.75, 3.05) is 31.9 Å². The number of hydrogen-bond acceptors (Lipinski definition) is 5. The van der Waals surface area contributed by atoms with Crippen LogP contribution in [0.4, 0.5) is 0 Å². The zero-order valence-corrected chi connectivity index (χ0v) is 14.9. The van der Waals surface area contributed by atoms with Gasteiger partial charge in [-0.15, -0.1) is 0 Å². The molecule has 2 aromatic heterocycles. The zero-order chi connectivity index (χ0) is 17.2. The van der Waals surface area contributed by atoms with Crippen LogP contribution in [0, 0.1) is 0 Å². The van der Waals surface area contributed by atoms with Crippen molar-refractivity contribution in [2.24, 2.45) is 7.05 Å². The molecule has 1 saturated heterocycles. The van der Waals surface area contributed by atoms with E-state index in [4.69, 9.17) is 0 Å². The van der Waals surface area contributed by atoms with E-state index in [1.54, 1.807) is 23.6 Å². The van der Waals surface area contributed by atoms with Gasteiger partial charge in [0.25, 0.3) is 0 Å². The third kappa shape index (κ3) is 3.66. The van der Waals surface area contributed by atoms with Crippen molar-refractivity contribution in [3.8, 4) is 11.3 Å². The summed E-state index contributed by atoms with van der Waals surface area (Å²) in [6, 6.07) is 3.91. The number of sulfonamides is 1. The average molecular weight is 349 g/mol. The summed E-state index contributed by atoms with van der Waals surface area (Å²) in [5.41, 5.74) is 3.16. The number of aryl methyl sites for hydroxylation is 1. The van der Waals surface area contributed by atoms with Gasteiger partial charge in [-0.25, -0.2) is 8.42 Å². The SMILES string of the molecule is CCS(=O)(=O)N1CCN(Cc2cn(C)nc2-c2ccncc2)CC1. The Hall–Kier alpha value is -1.77. The van der Waals surface area contributed by atoms with Gasteiger partial charge < -0.3 is 0 Å². The summed E-state index contributed by atoms with van der Waals surface area (Å²) in [7, 11) is -1.16. The van der Waals surface area contributed by atoms with Gasteiger partial charge in [0.1, 0.15) is 0 Å². The normalized spacial score (nSPS) is 17.2. The lowest BCUT2D eigenvalue weighted by atomic mass is 10.1. The van der Waals surface area contributed by atoms with Crippen molar-refractivity contribution >= 4 is 10.0 Å². The van der Waals surface area contributed by atoms with Gasteiger partial charge in [-0.1, -0.05) is 0 Å². The van der Waals surface area contributed by atoms with Gasteiger partial charge in [-0.3, -0.25) is 14.6 Å². The summed E-state index contributed by atoms with van der Waals surface area (Å²) in [5.74, 6) is 0.168. The van der Waals surface area contributed by atoms with E-state index in [0.29, 0.717) is 13.1 Å². The molecule has 0 atom stereocenters. The highest BCUT2D eigenvalue weighted by Crippen LogP contribution is 2.23. The van der Waals surface area contributed by atoms with Crippen LogP contribution in [0.1, 0.15) is 12.5 Å². The Labute approximate surface area is 143 Å². The number of pyridine rings is 1. The minimum absolute atomic E-state index is 0.168. The molecule has 0 saturated carbocycles. The lowest BCUT2D eigenvalue weighted by Crippen LogP contribution is -2.48. The Morgan fingerprint density at radius 1 is 1.12 bits per heavy atom. The summed E-state index contributed by atoms with van der Waals surface area (Å²) in [6.45, 7) is 5.06. The lowest BCUT2D eigenvalue weighted by molar-refractivity contribution is 0.182. The third-order valence-electron chi connectivity index (χ3n) is 4.34. The fraction of sp³-hybridized carbons (Fsp3) is 0.500. The predicted octanol–water partition coefficient (Wildman–Crippen LogP) is 0.949. The molecule has 24 heavy (non-hydrogen) atoms. The molecular weight excluding hydrogens is 326 g/mol. The van der Waals surface area contributed by atoms with Gasteiger partial charge >= 0.3 is 0 Å². The van der Waals surface area contributed by atoms with E-state index in [1.165, 1.54) is 0 Å². The Kier molecular flexibility index (Phi) is 4.98. The Morgan fingerprint density at radius 2 is 1.79 bits per heavy atom. The van der Waals surface area contributed by atoms with Gasteiger partial charge in [0.2, 0.25) is 10.0 Å². The summed E-state index contributed by atoms with van der Waals surface area (Å²) < 4.78 is 27.3. The van der Waals surface area contributed by atoms with Gasteiger partial charge in [0, 0.05) is 69.5 Å². The molecule has 0 amide bonds. The van der Waals surface area contributed by atoms with Crippen molar-refractivity contribution in [1.29, 1.82) is 0 Å². The van der Waals surface area contributed by atoms with Crippen molar-refractivity contribution in [3.63, 3.8) is 0 Å². The van der Waals surface area contributed by atoms with Crippen molar-refractivity contribution in [1.82, 2.24) is 24.0 Å². The molecule has 0 bridgehead atoms. The predicted molar refractivity (Wildman–Crippen MR) is 92.7 cm³/mol. The third-order valence-corrected chi connectivity index (χ3v) is 6.22. The lowest BCUT2D eigenvalue weighted by Gasteiger charge is -2.33. The van der Waals surface area contributed by atoms with E-state index < -0.39 is 10.0 Å². The first-order chi connectivity index (χ1) is 11.5. The van der Waals surface area contributed by atoms with Crippen LogP contribution in [0.5, 0.6) is 0 Å². The van der Waals surface area contributed by atoms with Crippen LogP contribution in [0.2, 0.25) is 0 Å². The minimum Gasteiger partial charge on any atom is -0.296 e. The van der Waals surface area contributed by atoms with Crippen LogP contribution in [0.3, 0.4) is 0 Å². The molecule has 7 nitrogen and oxygen atoms in total. The Balaban J connectivity index is 1.70. The van der Waals surface area contributed by atoms with E-state index in [9.17, 15) is 8.42 Å². The smallest absolute Gasteiger partial charge is 0.213 e. The molecule has 0 spiro atoms. The Morgan fingerprint density at radius 3 is 2.42 bits per heavy atom. The van der Waals surface area contributed by atoms with Crippen LogP contribution < -0.4 is 0 Å². The maximum atomic E-state index is 11.9. The molecule has 1 aliphatic rings. The summed E-state index contributed by atoms with van der Waals surface area (Å²) in [6.07, 6.45) is 5.56. The van der Waals surface area contributed by atoms with Gasteiger partial charge in [-0.05, 0) is 19.1 Å². The number of nitrogens with zero attached hydrogens (tertiary/aromatic N) is 5. The second-order valence-corrected chi connectivity index (χ2v) is 8.25. The van der Waals surface area contributed by atoms with Crippen LogP contribution in [-0.4, -0.2) is 64.3 Å². The molecule has 2 aromatic rings. The number of piperazine rings is 1.